The second-order valence-corrected chi connectivity index (χ2v) is 5.95. The van der Waals surface area contributed by atoms with Crippen LogP contribution < -0.4 is 10.0 Å². The minimum absolute atomic E-state index is 0.169. The fraction of sp³-hybridized carbons (Fsp3) is 0.333. The molecule has 21 heavy (non-hydrogen) atoms. The Kier molecular flexibility index (Phi) is 4.99. The number of nitrogens with one attached hydrogen (secondary N) is 2. The number of benzene rings is 1. The Balaban J connectivity index is 2.17. The van der Waals surface area contributed by atoms with E-state index < -0.39 is 20.7 Å². The summed E-state index contributed by atoms with van der Waals surface area (Å²) in [5.41, 5.74) is 0.679. The highest BCUT2D eigenvalue weighted by Gasteiger charge is 2.20. The largest absolute Gasteiger partial charge is 0.343 e. The number of rotatable bonds is 7. The monoisotopic (exact) mass is 314 g/mol. The molecule has 0 saturated heterocycles. The van der Waals surface area contributed by atoms with Crippen molar-refractivity contribution in [1.29, 1.82) is 0 Å². The molecule has 2 N–H and O–H groups in total. The van der Waals surface area contributed by atoms with E-state index in [9.17, 15) is 12.8 Å². The summed E-state index contributed by atoms with van der Waals surface area (Å²) in [6.07, 6.45) is 1.08. The lowest BCUT2D eigenvalue weighted by atomic mass is 10.2. The molecule has 7 nitrogen and oxygen atoms in total. The summed E-state index contributed by atoms with van der Waals surface area (Å²) in [7, 11) is -3.99. The van der Waals surface area contributed by atoms with Crippen molar-refractivity contribution in [3.63, 3.8) is 0 Å². The summed E-state index contributed by atoms with van der Waals surface area (Å²) >= 11 is 0. The summed E-state index contributed by atoms with van der Waals surface area (Å²) in [5, 5.41) is 6.52. The number of halogens is 1. The molecule has 0 aliphatic heterocycles. The first-order chi connectivity index (χ1) is 10.0. The molecular formula is C12H15FN4O3S. The quantitative estimate of drug-likeness (QED) is 0.784. The van der Waals surface area contributed by atoms with Crippen molar-refractivity contribution in [2.75, 3.05) is 6.54 Å². The van der Waals surface area contributed by atoms with Gasteiger partial charge in [-0.25, -0.2) is 17.5 Å². The molecule has 1 aromatic heterocycles. The van der Waals surface area contributed by atoms with Crippen LogP contribution in [-0.4, -0.2) is 25.1 Å². The number of nitrogens with zero attached hydrogens (tertiary/aromatic N) is 2. The van der Waals surface area contributed by atoms with Crippen molar-refractivity contribution >= 4 is 10.0 Å². The van der Waals surface area contributed by atoms with E-state index in [1.165, 1.54) is 12.1 Å². The Morgan fingerprint density at radius 3 is 2.81 bits per heavy atom. The zero-order chi connectivity index (χ0) is 15.3. The van der Waals surface area contributed by atoms with Gasteiger partial charge in [0.15, 0.2) is 5.82 Å². The zero-order valence-corrected chi connectivity index (χ0v) is 12.2. The third-order valence-electron chi connectivity index (χ3n) is 2.69. The molecular weight excluding hydrogens is 299 g/mol. The first kappa shape index (κ1) is 15.5. The normalized spacial score (nSPS) is 11.7. The van der Waals surface area contributed by atoms with Crippen LogP contribution in [0.25, 0.3) is 0 Å². The first-order valence-electron chi connectivity index (χ1n) is 6.27. The van der Waals surface area contributed by atoms with Crippen LogP contribution in [0.2, 0.25) is 0 Å². The maximum Gasteiger partial charge on any atom is 0.243 e. The molecule has 0 bridgehead atoms. The highest BCUT2D eigenvalue weighted by atomic mass is 32.2. The number of aromatic nitrogens is 2. The molecule has 1 aromatic carbocycles. The molecule has 0 aliphatic carbocycles. The Labute approximate surface area is 121 Å². The van der Waals surface area contributed by atoms with Crippen LogP contribution in [0, 0.1) is 5.82 Å². The van der Waals surface area contributed by atoms with E-state index in [1.807, 2.05) is 6.92 Å². The molecule has 2 rings (SSSR count). The van der Waals surface area contributed by atoms with Crippen LogP contribution in [0.1, 0.15) is 18.3 Å². The fourth-order valence-corrected chi connectivity index (χ4v) is 2.75. The topological polar surface area (TPSA) is 97.1 Å². The Bertz CT molecular complexity index is 689. The Morgan fingerprint density at radius 2 is 2.14 bits per heavy atom. The van der Waals surface area contributed by atoms with Crippen LogP contribution in [0.15, 0.2) is 34.0 Å². The average molecular weight is 314 g/mol. The molecule has 114 valence electrons. The molecule has 0 spiro atoms. The van der Waals surface area contributed by atoms with Gasteiger partial charge in [-0.3, -0.25) is 0 Å². The molecule has 2 aromatic rings. The van der Waals surface area contributed by atoms with Crippen LogP contribution in [0.3, 0.4) is 0 Å². The standard InChI is InChI=1S/C12H15FN4O3S/c1-2-14-6-9-3-4-10(13)11(5-9)21(18,19)16-7-12-15-8-20-17-12/h3-5,8,14,16H,2,6-7H2,1H3. The van der Waals surface area contributed by atoms with Gasteiger partial charge in [0.1, 0.15) is 10.7 Å². The van der Waals surface area contributed by atoms with E-state index in [0.29, 0.717) is 12.1 Å². The van der Waals surface area contributed by atoms with Gasteiger partial charge in [-0.2, -0.15) is 4.98 Å². The van der Waals surface area contributed by atoms with Gasteiger partial charge in [0.2, 0.25) is 16.4 Å². The zero-order valence-electron chi connectivity index (χ0n) is 11.3. The number of sulfonamides is 1. The summed E-state index contributed by atoms with van der Waals surface area (Å²) < 4.78 is 44.7. The summed E-state index contributed by atoms with van der Waals surface area (Å²) in [5.74, 6) is -0.640. The van der Waals surface area contributed by atoms with Gasteiger partial charge >= 0.3 is 0 Å². The predicted octanol–water partition coefficient (Wildman–Crippen LogP) is 0.797. The molecule has 0 saturated carbocycles. The summed E-state index contributed by atoms with van der Waals surface area (Å²) in [6.45, 7) is 2.95. The third kappa shape index (κ3) is 4.06. The van der Waals surface area contributed by atoms with Gasteiger partial charge in [0.05, 0.1) is 6.54 Å². The minimum atomic E-state index is -3.99. The highest BCUT2D eigenvalue weighted by molar-refractivity contribution is 7.89. The van der Waals surface area contributed by atoms with Gasteiger partial charge in [0.25, 0.3) is 0 Å². The van der Waals surface area contributed by atoms with Crippen molar-refractivity contribution in [3.05, 3.63) is 41.8 Å². The van der Waals surface area contributed by atoms with Crippen molar-refractivity contribution < 1.29 is 17.3 Å². The third-order valence-corrected chi connectivity index (χ3v) is 4.11. The predicted molar refractivity (Wildman–Crippen MR) is 72.1 cm³/mol. The Morgan fingerprint density at radius 1 is 1.33 bits per heavy atom. The molecule has 1 heterocycles. The number of hydrogen-bond donors (Lipinski definition) is 2. The van der Waals surface area contributed by atoms with E-state index in [2.05, 4.69) is 24.7 Å². The van der Waals surface area contributed by atoms with Crippen molar-refractivity contribution in [2.24, 2.45) is 0 Å². The molecule has 0 aliphatic rings. The van der Waals surface area contributed by atoms with Gasteiger partial charge in [-0.15, -0.1) is 0 Å². The lowest BCUT2D eigenvalue weighted by Gasteiger charge is -2.09. The lowest BCUT2D eigenvalue weighted by molar-refractivity contribution is 0.409. The van der Waals surface area contributed by atoms with Crippen LogP contribution in [0.5, 0.6) is 0 Å². The fourth-order valence-electron chi connectivity index (χ4n) is 1.64. The van der Waals surface area contributed by atoms with E-state index in [1.54, 1.807) is 0 Å². The summed E-state index contributed by atoms with van der Waals surface area (Å²) in [4.78, 5) is 3.28. The molecule has 0 fully saturated rings. The molecule has 0 unspecified atom stereocenters. The first-order valence-corrected chi connectivity index (χ1v) is 7.75. The van der Waals surface area contributed by atoms with E-state index in [4.69, 9.17) is 0 Å². The van der Waals surface area contributed by atoms with E-state index >= 15 is 0 Å². The molecule has 0 atom stereocenters. The van der Waals surface area contributed by atoms with Crippen molar-refractivity contribution in [1.82, 2.24) is 20.2 Å². The van der Waals surface area contributed by atoms with Gasteiger partial charge in [-0.05, 0) is 24.2 Å². The van der Waals surface area contributed by atoms with Crippen LogP contribution in [-0.2, 0) is 23.1 Å². The van der Waals surface area contributed by atoms with E-state index in [0.717, 1.165) is 19.0 Å². The van der Waals surface area contributed by atoms with E-state index in [-0.39, 0.29) is 12.4 Å². The second-order valence-electron chi connectivity index (χ2n) is 4.22. The number of hydrogen-bond acceptors (Lipinski definition) is 6. The minimum Gasteiger partial charge on any atom is -0.343 e. The average Bonchev–Trinajstić information content (AvgIpc) is 2.97. The van der Waals surface area contributed by atoms with Gasteiger partial charge < -0.3 is 9.84 Å². The molecule has 9 heteroatoms. The lowest BCUT2D eigenvalue weighted by Crippen LogP contribution is -2.25. The van der Waals surface area contributed by atoms with Crippen LogP contribution in [0.4, 0.5) is 4.39 Å². The SMILES string of the molecule is CCNCc1ccc(F)c(S(=O)(=O)NCc2ncon2)c1. The van der Waals surface area contributed by atoms with Gasteiger partial charge in [-0.1, -0.05) is 18.1 Å². The highest BCUT2D eigenvalue weighted by Crippen LogP contribution is 2.16. The maximum atomic E-state index is 13.8. The molecule has 0 amide bonds. The molecule has 0 radical (unpaired) electrons. The van der Waals surface area contributed by atoms with Crippen LogP contribution >= 0.6 is 0 Å². The van der Waals surface area contributed by atoms with Crippen molar-refractivity contribution in [2.45, 2.75) is 24.9 Å². The second kappa shape index (κ2) is 6.74. The Hall–Kier alpha value is -1.84. The van der Waals surface area contributed by atoms with Crippen molar-refractivity contribution in [3.8, 4) is 0 Å². The summed E-state index contributed by atoms with van der Waals surface area (Å²) in [6, 6.07) is 3.97. The van der Waals surface area contributed by atoms with Gasteiger partial charge in [0, 0.05) is 6.54 Å². The maximum absolute atomic E-state index is 13.8. The smallest absolute Gasteiger partial charge is 0.243 e.